The Labute approximate surface area is 183 Å². The summed E-state index contributed by atoms with van der Waals surface area (Å²) in [4.78, 5) is 12.7. The SMILES string of the molecule is Cc1ccc(S(=O)(=O)N(CC(=O)Nc2ccc(Br)cc2F)Cc2ccccc2)cc1. The van der Waals surface area contributed by atoms with Crippen LogP contribution in [0, 0.1) is 12.7 Å². The van der Waals surface area contributed by atoms with E-state index in [2.05, 4.69) is 21.2 Å². The van der Waals surface area contributed by atoms with Gasteiger partial charge in [-0.3, -0.25) is 4.79 Å². The van der Waals surface area contributed by atoms with Crippen LogP contribution < -0.4 is 5.32 Å². The van der Waals surface area contributed by atoms with Crippen molar-refractivity contribution in [3.05, 3.63) is 94.2 Å². The lowest BCUT2D eigenvalue weighted by Crippen LogP contribution is -2.37. The van der Waals surface area contributed by atoms with E-state index in [1.165, 1.54) is 24.3 Å². The Balaban J connectivity index is 1.87. The van der Waals surface area contributed by atoms with Crippen LogP contribution in [0.3, 0.4) is 0 Å². The minimum absolute atomic E-state index is 0.00723. The summed E-state index contributed by atoms with van der Waals surface area (Å²) in [5, 5.41) is 2.45. The molecule has 0 atom stereocenters. The van der Waals surface area contributed by atoms with Crippen molar-refractivity contribution >= 4 is 37.5 Å². The zero-order chi connectivity index (χ0) is 21.7. The fraction of sp³-hybridized carbons (Fsp3) is 0.136. The van der Waals surface area contributed by atoms with Crippen molar-refractivity contribution in [3.63, 3.8) is 0 Å². The molecule has 0 aliphatic carbocycles. The molecule has 5 nitrogen and oxygen atoms in total. The molecule has 0 aliphatic heterocycles. The van der Waals surface area contributed by atoms with Gasteiger partial charge >= 0.3 is 0 Å². The van der Waals surface area contributed by atoms with E-state index < -0.39 is 28.3 Å². The maximum Gasteiger partial charge on any atom is 0.243 e. The Morgan fingerprint density at radius 2 is 1.70 bits per heavy atom. The highest BCUT2D eigenvalue weighted by atomic mass is 79.9. The highest BCUT2D eigenvalue weighted by molar-refractivity contribution is 9.10. The van der Waals surface area contributed by atoms with Crippen LogP contribution in [0.5, 0.6) is 0 Å². The van der Waals surface area contributed by atoms with E-state index in [9.17, 15) is 17.6 Å². The maximum absolute atomic E-state index is 14.1. The van der Waals surface area contributed by atoms with Crippen LogP contribution in [-0.4, -0.2) is 25.2 Å². The van der Waals surface area contributed by atoms with E-state index in [-0.39, 0.29) is 17.1 Å². The van der Waals surface area contributed by atoms with E-state index in [1.54, 1.807) is 42.5 Å². The monoisotopic (exact) mass is 490 g/mol. The molecular weight excluding hydrogens is 471 g/mol. The largest absolute Gasteiger partial charge is 0.322 e. The first kappa shape index (κ1) is 22.1. The highest BCUT2D eigenvalue weighted by Crippen LogP contribution is 2.21. The molecule has 1 amide bonds. The molecule has 0 bridgehead atoms. The lowest BCUT2D eigenvalue weighted by molar-refractivity contribution is -0.116. The van der Waals surface area contributed by atoms with Crippen molar-refractivity contribution in [2.24, 2.45) is 0 Å². The molecule has 0 fully saturated rings. The summed E-state index contributed by atoms with van der Waals surface area (Å²) in [6.45, 7) is 1.41. The Kier molecular flexibility index (Phi) is 7.02. The topological polar surface area (TPSA) is 66.5 Å². The van der Waals surface area contributed by atoms with E-state index in [0.717, 1.165) is 15.4 Å². The van der Waals surface area contributed by atoms with Crippen LogP contribution in [0.25, 0.3) is 0 Å². The van der Waals surface area contributed by atoms with Gasteiger partial charge in [0, 0.05) is 11.0 Å². The summed E-state index contributed by atoms with van der Waals surface area (Å²) in [6, 6.07) is 19.6. The number of aryl methyl sites for hydroxylation is 1. The van der Waals surface area contributed by atoms with E-state index in [1.807, 2.05) is 13.0 Å². The van der Waals surface area contributed by atoms with Gasteiger partial charge in [0.1, 0.15) is 5.82 Å². The van der Waals surface area contributed by atoms with Crippen molar-refractivity contribution in [1.29, 1.82) is 0 Å². The molecule has 0 heterocycles. The number of carbonyl (C=O) groups is 1. The molecule has 0 aliphatic rings. The third-order valence-electron chi connectivity index (χ3n) is 4.39. The number of halogens is 2. The third kappa shape index (κ3) is 5.53. The van der Waals surface area contributed by atoms with Gasteiger partial charge in [-0.05, 0) is 42.8 Å². The average Bonchev–Trinajstić information content (AvgIpc) is 2.71. The quantitative estimate of drug-likeness (QED) is 0.520. The summed E-state index contributed by atoms with van der Waals surface area (Å²) in [5.74, 6) is -1.25. The number of anilines is 1. The first-order chi connectivity index (χ1) is 14.3. The van der Waals surface area contributed by atoms with E-state index in [0.29, 0.717) is 4.47 Å². The second-order valence-corrected chi connectivity index (χ2v) is 9.60. The third-order valence-corrected chi connectivity index (χ3v) is 6.68. The predicted octanol–water partition coefficient (Wildman–Crippen LogP) is 4.73. The molecule has 0 saturated heterocycles. The Hall–Kier alpha value is -2.55. The summed E-state index contributed by atoms with van der Waals surface area (Å²) in [6.07, 6.45) is 0. The van der Waals surface area contributed by atoms with Crippen molar-refractivity contribution in [2.45, 2.75) is 18.4 Å². The van der Waals surface area contributed by atoms with Crippen molar-refractivity contribution in [1.82, 2.24) is 4.31 Å². The van der Waals surface area contributed by atoms with Gasteiger partial charge in [-0.1, -0.05) is 64.0 Å². The molecule has 3 rings (SSSR count). The first-order valence-electron chi connectivity index (χ1n) is 9.11. The summed E-state index contributed by atoms with van der Waals surface area (Å²) in [5.41, 5.74) is 1.64. The molecule has 156 valence electrons. The van der Waals surface area contributed by atoms with Crippen LogP contribution in [0.2, 0.25) is 0 Å². The van der Waals surface area contributed by atoms with Crippen LogP contribution >= 0.6 is 15.9 Å². The number of rotatable bonds is 7. The molecule has 0 spiro atoms. The Bertz CT molecular complexity index is 1140. The van der Waals surface area contributed by atoms with Crippen molar-refractivity contribution in [3.8, 4) is 0 Å². The zero-order valence-electron chi connectivity index (χ0n) is 16.2. The normalized spacial score (nSPS) is 11.5. The number of carbonyl (C=O) groups excluding carboxylic acids is 1. The molecule has 0 radical (unpaired) electrons. The fourth-order valence-corrected chi connectivity index (χ4v) is 4.53. The average molecular weight is 491 g/mol. The second kappa shape index (κ2) is 9.51. The van der Waals surface area contributed by atoms with Crippen LogP contribution in [-0.2, 0) is 21.4 Å². The van der Waals surface area contributed by atoms with Gasteiger partial charge in [-0.15, -0.1) is 0 Å². The number of nitrogens with one attached hydrogen (secondary N) is 1. The molecule has 8 heteroatoms. The van der Waals surface area contributed by atoms with Crippen LogP contribution in [0.1, 0.15) is 11.1 Å². The first-order valence-corrected chi connectivity index (χ1v) is 11.3. The van der Waals surface area contributed by atoms with Crippen LogP contribution in [0.4, 0.5) is 10.1 Å². The summed E-state index contributed by atoms with van der Waals surface area (Å²) >= 11 is 3.16. The number of nitrogens with zero attached hydrogens (tertiary/aromatic N) is 1. The lowest BCUT2D eigenvalue weighted by atomic mass is 10.2. The zero-order valence-corrected chi connectivity index (χ0v) is 18.6. The number of hydrogen-bond acceptors (Lipinski definition) is 3. The van der Waals surface area contributed by atoms with Gasteiger partial charge in [-0.25, -0.2) is 12.8 Å². The number of hydrogen-bond donors (Lipinski definition) is 1. The Morgan fingerprint density at radius 3 is 2.33 bits per heavy atom. The second-order valence-electron chi connectivity index (χ2n) is 6.74. The molecular formula is C22H20BrFN2O3S. The van der Waals surface area contributed by atoms with Gasteiger partial charge in [0.2, 0.25) is 15.9 Å². The molecule has 0 unspecified atom stereocenters. The predicted molar refractivity (Wildman–Crippen MR) is 118 cm³/mol. The summed E-state index contributed by atoms with van der Waals surface area (Å²) in [7, 11) is -3.95. The van der Waals surface area contributed by atoms with Gasteiger partial charge < -0.3 is 5.32 Å². The minimum atomic E-state index is -3.95. The van der Waals surface area contributed by atoms with Gasteiger partial charge in [0.05, 0.1) is 17.1 Å². The summed E-state index contributed by atoms with van der Waals surface area (Å²) < 4.78 is 42.1. The Morgan fingerprint density at radius 1 is 1.03 bits per heavy atom. The van der Waals surface area contributed by atoms with Gasteiger partial charge in [0.15, 0.2) is 0 Å². The molecule has 1 N–H and O–H groups in total. The van der Waals surface area contributed by atoms with Gasteiger partial charge in [0.25, 0.3) is 0 Å². The standard InChI is InChI=1S/C22H20BrFN2O3S/c1-16-7-10-19(11-8-16)30(28,29)26(14-17-5-3-2-4-6-17)15-22(27)25-21-12-9-18(23)13-20(21)24/h2-13H,14-15H2,1H3,(H,25,27). The smallest absolute Gasteiger partial charge is 0.243 e. The van der Waals surface area contributed by atoms with Crippen molar-refractivity contribution in [2.75, 3.05) is 11.9 Å². The minimum Gasteiger partial charge on any atom is -0.322 e. The fourth-order valence-electron chi connectivity index (χ4n) is 2.81. The highest BCUT2D eigenvalue weighted by Gasteiger charge is 2.27. The van der Waals surface area contributed by atoms with E-state index in [4.69, 9.17) is 0 Å². The molecule has 30 heavy (non-hydrogen) atoms. The molecule has 3 aromatic rings. The molecule has 3 aromatic carbocycles. The van der Waals surface area contributed by atoms with Crippen LogP contribution in [0.15, 0.2) is 82.2 Å². The number of sulfonamides is 1. The van der Waals surface area contributed by atoms with Crippen molar-refractivity contribution < 1.29 is 17.6 Å². The lowest BCUT2D eigenvalue weighted by Gasteiger charge is -2.22. The maximum atomic E-state index is 14.1. The van der Waals surface area contributed by atoms with E-state index >= 15 is 0 Å². The molecule has 0 saturated carbocycles. The van der Waals surface area contributed by atoms with Gasteiger partial charge in [-0.2, -0.15) is 4.31 Å². The number of benzene rings is 3. The number of amides is 1. The molecule has 0 aromatic heterocycles.